The molecule has 151 valence electrons. The summed E-state index contributed by atoms with van der Waals surface area (Å²) in [7, 11) is 1.95. The molecular formula is C22H18Cl2N5O. The summed E-state index contributed by atoms with van der Waals surface area (Å²) in [5.74, 6) is 0.515. The Morgan fingerprint density at radius 2 is 1.73 bits per heavy atom. The molecule has 0 saturated carbocycles. The molecule has 0 unspecified atom stereocenters. The van der Waals surface area contributed by atoms with Crippen molar-refractivity contribution in [3.05, 3.63) is 76.2 Å². The van der Waals surface area contributed by atoms with E-state index >= 15 is 0 Å². The van der Waals surface area contributed by atoms with Crippen LogP contribution in [0.25, 0.3) is 38.9 Å². The number of aryl methyl sites for hydroxylation is 2. The molecule has 6 nitrogen and oxygen atoms in total. The van der Waals surface area contributed by atoms with Gasteiger partial charge in [0.2, 0.25) is 0 Å². The highest BCUT2D eigenvalue weighted by molar-refractivity contribution is 6.31. The normalized spacial score (nSPS) is 11.7. The topological polar surface area (TPSA) is 60.5 Å². The van der Waals surface area contributed by atoms with Gasteiger partial charge in [-0.2, -0.15) is 5.10 Å². The molecule has 0 aliphatic rings. The second-order valence-electron chi connectivity index (χ2n) is 7.23. The first kappa shape index (κ1) is 19.0. The second-order valence-corrected chi connectivity index (χ2v) is 8.10. The summed E-state index contributed by atoms with van der Waals surface area (Å²) in [5.41, 5.74) is 3.19. The number of nitrogens with zero attached hydrogens (tertiary/aromatic N) is 4. The zero-order chi connectivity index (χ0) is 21.0. The SMILES string of the molecule is [CH2]CCn1cc(-n2c(-c3cn(C)c4ccc(Cl)cc34)n[nH]c2=O)c2cc(Cl)ccc21. The Labute approximate surface area is 182 Å². The van der Waals surface area contributed by atoms with Crippen LogP contribution in [-0.2, 0) is 13.6 Å². The van der Waals surface area contributed by atoms with Gasteiger partial charge in [-0.25, -0.2) is 14.5 Å². The van der Waals surface area contributed by atoms with Crippen molar-refractivity contribution in [2.75, 3.05) is 0 Å². The number of hydrogen-bond donors (Lipinski definition) is 1. The quantitative estimate of drug-likeness (QED) is 0.418. The number of aromatic amines is 1. The predicted molar refractivity (Wildman–Crippen MR) is 122 cm³/mol. The van der Waals surface area contributed by atoms with Crippen LogP contribution in [0.3, 0.4) is 0 Å². The molecule has 1 N–H and O–H groups in total. The van der Waals surface area contributed by atoms with E-state index in [9.17, 15) is 4.79 Å². The summed E-state index contributed by atoms with van der Waals surface area (Å²) >= 11 is 12.5. The van der Waals surface area contributed by atoms with Crippen molar-refractivity contribution in [3.8, 4) is 17.1 Å². The van der Waals surface area contributed by atoms with Crippen molar-refractivity contribution in [2.45, 2.75) is 13.0 Å². The molecule has 0 aliphatic carbocycles. The third kappa shape index (κ3) is 2.87. The van der Waals surface area contributed by atoms with Crippen molar-refractivity contribution in [1.29, 1.82) is 0 Å². The lowest BCUT2D eigenvalue weighted by Crippen LogP contribution is -2.15. The first-order chi connectivity index (χ1) is 14.5. The molecule has 1 radical (unpaired) electrons. The maximum atomic E-state index is 12.9. The highest BCUT2D eigenvalue weighted by Gasteiger charge is 2.21. The Kier molecular flexibility index (Phi) is 4.49. The van der Waals surface area contributed by atoms with Crippen molar-refractivity contribution in [2.24, 2.45) is 7.05 Å². The Hall–Kier alpha value is -2.96. The molecule has 5 rings (SSSR count). The number of rotatable bonds is 4. The second kappa shape index (κ2) is 7.07. The predicted octanol–water partition coefficient (Wildman–Crippen LogP) is 5.20. The first-order valence-electron chi connectivity index (χ1n) is 9.48. The van der Waals surface area contributed by atoms with Crippen LogP contribution in [0.2, 0.25) is 10.0 Å². The summed E-state index contributed by atoms with van der Waals surface area (Å²) in [6.07, 6.45) is 4.63. The molecule has 0 amide bonds. The maximum absolute atomic E-state index is 12.9. The third-order valence-corrected chi connectivity index (χ3v) is 5.80. The van der Waals surface area contributed by atoms with Crippen LogP contribution in [0.15, 0.2) is 53.6 Å². The van der Waals surface area contributed by atoms with E-state index in [4.69, 9.17) is 23.2 Å². The molecule has 5 aromatic rings. The van der Waals surface area contributed by atoms with Gasteiger partial charge in [-0.05, 0) is 42.8 Å². The van der Waals surface area contributed by atoms with Crippen molar-refractivity contribution in [1.82, 2.24) is 23.9 Å². The minimum absolute atomic E-state index is 0.322. The number of halogens is 2. The molecule has 3 aromatic heterocycles. The van der Waals surface area contributed by atoms with E-state index < -0.39 is 0 Å². The number of nitrogens with one attached hydrogen (secondary N) is 1. The van der Waals surface area contributed by atoms with Gasteiger partial charge in [0.05, 0.1) is 11.2 Å². The van der Waals surface area contributed by atoms with Crippen molar-refractivity contribution >= 4 is 45.0 Å². The van der Waals surface area contributed by atoms with Crippen LogP contribution in [0.1, 0.15) is 6.42 Å². The largest absolute Gasteiger partial charge is 0.350 e. The Balaban J connectivity index is 1.83. The summed E-state index contributed by atoms with van der Waals surface area (Å²) in [6, 6.07) is 11.4. The summed E-state index contributed by atoms with van der Waals surface area (Å²) < 4.78 is 5.67. The minimum atomic E-state index is -0.322. The lowest BCUT2D eigenvalue weighted by Gasteiger charge is -2.04. The van der Waals surface area contributed by atoms with Gasteiger partial charge in [-0.3, -0.25) is 0 Å². The van der Waals surface area contributed by atoms with Gasteiger partial charge < -0.3 is 9.13 Å². The lowest BCUT2D eigenvalue weighted by atomic mass is 10.1. The molecule has 2 aromatic carbocycles. The fraction of sp³-hybridized carbons (Fsp3) is 0.136. The first-order valence-corrected chi connectivity index (χ1v) is 10.2. The van der Waals surface area contributed by atoms with Crippen LogP contribution < -0.4 is 5.69 Å². The zero-order valence-electron chi connectivity index (χ0n) is 16.2. The summed E-state index contributed by atoms with van der Waals surface area (Å²) in [5, 5.41) is 9.98. The van der Waals surface area contributed by atoms with Gasteiger partial charge >= 0.3 is 5.69 Å². The Morgan fingerprint density at radius 1 is 1.03 bits per heavy atom. The van der Waals surface area contributed by atoms with Gasteiger partial charge in [0.15, 0.2) is 5.82 Å². The number of fused-ring (bicyclic) bond motifs is 2. The van der Waals surface area contributed by atoms with Gasteiger partial charge in [0.1, 0.15) is 0 Å². The fourth-order valence-corrected chi connectivity index (χ4v) is 4.37. The van der Waals surface area contributed by atoms with Crippen LogP contribution in [0.5, 0.6) is 0 Å². The average Bonchev–Trinajstić information content (AvgIpc) is 3.35. The number of hydrogen-bond acceptors (Lipinski definition) is 2. The van der Waals surface area contributed by atoms with Crippen molar-refractivity contribution in [3.63, 3.8) is 0 Å². The molecule has 0 atom stereocenters. The van der Waals surface area contributed by atoms with E-state index in [-0.39, 0.29) is 5.69 Å². The smallest absolute Gasteiger partial charge is 0.348 e. The van der Waals surface area contributed by atoms with E-state index in [1.54, 1.807) is 4.57 Å². The Morgan fingerprint density at radius 3 is 2.47 bits per heavy atom. The molecule has 0 fully saturated rings. The number of benzene rings is 2. The van der Waals surface area contributed by atoms with Gasteiger partial charge in [-0.15, -0.1) is 0 Å². The van der Waals surface area contributed by atoms with E-state index in [1.165, 1.54) is 0 Å². The van der Waals surface area contributed by atoms with Gasteiger partial charge in [0, 0.05) is 57.9 Å². The lowest BCUT2D eigenvalue weighted by molar-refractivity contribution is 0.734. The third-order valence-electron chi connectivity index (χ3n) is 5.33. The minimum Gasteiger partial charge on any atom is -0.350 e. The number of H-pyrrole nitrogens is 1. The average molecular weight is 439 g/mol. The molecule has 8 heteroatoms. The summed E-state index contributed by atoms with van der Waals surface area (Å²) in [4.78, 5) is 12.9. The van der Waals surface area contributed by atoms with Crippen molar-refractivity contribution < 1.29 is 0 Å². The standard InChI is InChI=1S/C22H18Cl2N5O/c1-3-8-28-12-20(16-10-14(24)5-7-19(16)28)29-21(25-26-22(29)30)17-11-27(2)18-6-4-13(23)9-15(17)18/h4-7,9-12H,1,3,8H2,2H3,(H,26,30). The molecule has 0 aliphatic heterocycles. The monoisotopic (exact) mass is 438 g/mol. The van der Waals surface area contributed by atoms with E-state index in [1.807, 2.05) is 60.4 Å². The summed E-state index contributed by atoms with van der Waals surface area (Å²) in [6.45, 7) is 4.68. The fourth-order valence-electron chi connectivity index (χ4n) is 4.03. The zero-order valence-corrected chi connectivity index (χ0v) is 17.7. The van der Waals surface area contributed by atoms with Gasteiger partial charge in [-0.1, -0.05) is 30.1 Å². The van der Waals surface area contributed by atoms with E-state index in [2.05, 4.69) is 21.7 Å². The van der Waals surface area contributed by atoms with E-state index in [0.717, 1.165) is 40.3 Å². The van der Waals surface area contributed by atoms with Crippen LogP contribution >= 0.6 is 23.2 Å². The Bertz CT molecular complexity index is 1470. The van der Waals surface area contributed by atoms with Crippen LogP contribution in [-0.4, -0.2) is 23.9 Å². The maximum Gasteiger partial charge on any atom is 0.348 e. The molecule has 0 spiro atoms. The molecule has 0 bridgehead atoms. The van der Waals surface area contributed by atoms with Gasteiger partial charge in [0.25, 0.3) is 0 Å². The molecule has 3 heterocycles. The van der Waals surface area contributed by atoms with Crippen LogP contribution in [0, 0.1) is 6.92 Å². The highest BCUT2D eigenvalue weighted by atomic mass is 35.5. The number of aromatic nitrogens is 5. The molecule has 0 saturated heterocycles. The molecule has 30 heavy (non-hydrogen) atoms. The highest BCUT2D eigenvalue weighted by Crippen LogP contribution is 2.34. The van der Waals surface area contributed by atoms with Crippen LogP contribution in [0.4, 0.5) is 0 Å². The van der Waals surface area contributed by atoms with E-state index in [0.29, 0.717) is 21.6 Å². The molecular weight excluding hydrogens is 421 g/mol.